The van der Waals surface area contributed by atoms with Gasteiger partial charge in [0, 0.05) is 25.0 Å². The zero-order chi connectivity index (χ0) is 15.5. The van der Waals surface area contributed by atoms with Crippen molar-refractivity contribution in [1.82, 2.24) is 20.0 Å². The van der Waals surface area contributed by atoms with E-state index in [1.807, 2.05) is 23.1 Å². The van der Waals surface area contributed by atoms with Crippen molar-refractivity contribution in [3.8, 4) is 5.69 Å². The van der Waals surface area contributed by atoms with Crippen molar-refractivity contribution >= 4 is 0 Å². The van der Waals surface area contributed by atoms with E-state index >= 15 is 0 Å². The second kappa shape index (κ2) is 6.85. The van der Waals surface area contributed by atoms with Crippen LogP contribution in [0.3, 0.4) is 0 Å². The van der Waals surface area contributed by atoms with Crippen molar-refractivity contribution in [3.05, 3.63) is 48.3 Å². The first-order chi connectivity index (χ1) is 11.4. The number of likely N-dealkylation sites (tertiary alicyclic amines) is 1. The highest BCUT2D eigenvalue weighted by Gasteiger charge is 2.24. The first kappa shape index (κ1) is 14.9. The first-order valence-corrected chi connectivity index (χ1v) is 8.91. The van der Waals surface area contributed by atoms with E-state index in [2.05, 4.69) is 39.6 Å². The molecule has 1 aromatic carbocycles. The largest absolute Gasteiger partial charge is 0.314 e. The maximum atomic E-state index is 4.27. The molecule has 0 spiro atoms. The van der Waals surface area contributed by atoms with Gasteiger partial charge in [-0.15, -0.1) is 0 Å². The summed E-state index contributed by atoms with van der Waals surface area (Å²) in [5, 5.41) is 8.03. The summed E-state index contributed by atoms with van der Waals surface area (Å²) in [6.07, 6.45) is 9.26. The Hall–Kier alpha value is -1.65. The van der Waals surface area contributed by atoms with Gasteiger partial charge in [0.25, 0.3) is 0 Å². The van der Waals surface area contributed by atoms with Crippen LogP contribution in [0, 0.1) is 5.92 Å². The van der Waals surface area contributed by atoms with Gasteiger partial charge in [-0.1, -0.05) is 12.1 Å². The fourth-order valence-electron chi connectivity index (χ4n) is 3.38. The number of hydrogen-bond acceptors (Lipinski definition) is 3. The predicted molar refractivity (Wildman–Crippen MR) is 92.6 cm³/mol. The standard InChI is InChI=1S/C19H26N4/c1-10-21-23(11-1)19-6-4-17(5-7-19)15-22-12-8-18(9-13-22)20-14-16-2-3-16/h1,4-7,10-11,16,18,20H,2-3,8-9,12-15H2. The molecule has 122 valence electrons. The third kappa shape index (κ3) is 4.01. The van der Waals surface area contributed by atoms with Crippen LogP contribution in [-0.2, 0) is 6.54 Å². The molecule has 23 heavy (non-hydrogen) atoms. The predicted octanol–water partition coefficient (Wildman–Crippen LogP) is 2.84. The van der Waals surface area contributed by atoms with Crippen LogP contribution in [0.1, 0.15) is 31.2 Å². The van der Waals surface area contributed by atoms with E-state index in [1.165, 1.54) is 50.9 Å². The van der Waals surface area contributed by atoms with E-state index in [4.69, 9.17) is 0 Å². The first-order valence-electron chi connectivity index (χ1n) is 8.91. The Kier molecular flexibility index (Phi) is 4.44. The number of nitrogens with one attached hydrogen (secondary N) is 1. The molecule has 1 aliphatic carbocycles. The third-order valence-corrected chi connectivity index (χ3v) is 5.09. The molecule has 4 rings (SSSR count). The molecule has 0 atom stereocenters. The number of piperidine rings is 1. The van der Waals surface area contributed by atoms with Gasteiger partial charge in [0.2, 0.25) is 0 Å². The van der Waals surface area contributed by atoms with Gasteiger partial charge in [0.1, 0.15) is 0 Å². The van der Waals surface area contributed by atoms with Crippen molar-refractivity contribution < 1.29 is 0 Å². The highest BCUT2D eigenvalue weighted by atomic mass is 15.3. The lowest BCUT2D eigenvalue weighted by Gasteiger charge is -2.32. The summed E-state index contributed by atoms with van der Waals surface area (Å²) in [5.41, 5.74) is 2.52. The van der Waals surface area contributed by atoms with E-state index in [9.17, 15) is 0 Å². The van der Waals surface area contributed by atoms with Crippen LogP contribution >= 0.6 is 0 Å². The fourth-order valence-corrected chi connectivity index (χ4v) is 3.38. The minimum atomic E-state index is 0.744. The summed E-state index contributed by atoms with van der Waals surface area (Å²) in [5.74, 6) is 0.987. The molecule has 1 aromatic heterocycles. The molecule has 2 fully saturated rings. The van der Waals surface area contributed by atoms with Crippen LogP contribution in [-0.4, -0.2) is 40.4 Å². The molecule has 2 heterocycles. The third-order valence-electron chi connectivity index (χ3n) is 5.09. The van der Waals surface area contributed by atoms with Crippen LogP contribution < -0.4 is 5.32 Å². The number of aromatic nitrogens is 2. The van der Waals surface area contributed by atoms with Gasteiger partial charge in [-0.2, -0.15) is 5.10 Å². The van der Waals surface area contributed by atoms with Crippen molar-refractivity contribution in [3.63, 3.8) is 0 Å². The Morgan fingerprint density at radius 2 is 1.83 bits per heavy atom. The number of nitrogens with zero attached hydrogens (tertiary/aromatic N) is 3. The normalized spacial score (nSPS) is 20.0. The second-order valence-electron chi connectivity index (χ2n) is 7.02. The molecule has 1 N–H and O–H groups in total. The topological polar surface area (TPSA) is 33.1 Å². The fraction of sp³-hybridized carbons (Fsp3) is 0.526. The summed E-state index contributed by atoms with van der Waals surface area (Å²) >= 11 is 0. The van der Waals surface area contributed by atoms with Crippen LogP contribution in [0.25, 0.3) is 5.69 Å². The Balaban J connectivity index is 1.25. The summed E-state index contributed by atoms with van der Waals surface area (Å²) in [6.45, 7) is 4.74. The highest BCUT2D eigenvalue weighted by molar-refractivity contribution is 5.33. The van der Waals surface area contributed by atoms with Crippen molar-refractivity contribution in [2.24, 2.45) is 5.92 Å². The van der Waals surface area contributed by atoms with Crippen LogP contribution in [0.15, 0.2) is 42.7 Å². The Bertz CT molecular complexity index is 593. The second-order valence-corrected chi connectivity index (χ2v) is 7.02. The van der Waals surface area contributed by atoms with E-state index in [1.54, 1.807) is 0 Å². The zero-order valence-electron chi connectivity index (χ0n) is 13.7. The molecular weight excluding hydrogens is 284 g/mol. The molecule has 0 unspecified atom stereocenters. The molecule has 4 heteroatoms. The van der Waals surface area contributed by atoms with Crippen LogP contribution in [0.5, 0.6) is 0 Å². The van der Waals surface area contributed by atoms with E-state index in [-0.39, 0.29) is 0 Å². The van der Waals surface area contributed by atoms with E-state index in [0.717, 1.165) is 24.2 Å². The molecule has 0 amide bonds. The molecule has 2 aromatic rings. The summed E-state index contributed by atoms with van der Waals surface area (Å²) in [4.78, 5) is 2.58. The minimum Gasteiger partial charge on any atom is -0.314 e. The molecule has 1 saturated heterocycles. The lowest BCUT2D eigenvalue weighted by atomic mass is 10.0. The minimum absolute atomic E-state index is 0.744. The number of hydrogen-bond donors (Lipinski definition) is 1. The summed E-state index contributed by atoms with van der Waals surface area (Å²) < 4.78 is 1.90. The van der Waals surface area contributed by atoms with Crippen molar-refractivity contribution in [2.75, 3.05) is 19.6 Å². The van der Waals surface area contributed by atoms with Gasteiger partial charge in [0.15, 0.2) is 0 Å². The smallest absolute Gasteiger partial charge is 0.0645 e. The van der Waals surface area contributed by atoms with Gasteiger partial charge in [0.05, 0.1) is 5.69 Å². The molecule has 1 saturated carbocycles. The lowest BCUT2D eigenvalue weighted by Crippen LogP contribution is -2.42. The van der Waals surface area contributed by atoms with E-state index in [0.29, 0.717) is 0 Å². The lowest BCUT2D eigenvalue weighted by molar-refractivity contribution is 0.190. The van der Waals surface area contributed by atoms with Gasteiger partial charge in [-0.25, -0.2) is 4.68 Å². The molecule has 0 bridgehead atoms. The average Bonchev–Trinajstić information content (AvgIpc) is 3.26. The summed E-state index contributed by atoms with van der Waals surface area (Å²) in [7, 11) is 0. The maximum Gasteiger partial charge on any atom is 0.0645 e. The number of benzene rings is 1. The monoisotopic (exact) mass is 310 g/mol. The Morgan fingerprint density at radius 3 is 2.48 bits per heavy atom. The molecule has 4 nitrogen and oxygen atoms in total. The molecule has 1 aliphatic heterocycles. The van der Waals surface area contributed by atoms with Gasteiger partial charge in [-0.05, 0) is 75.0 Å². The van der Waals surface area contributed by atoms with Crippen LogP contribution in [0.2, 0.25) is 0 Å². The zero-order valence-corrected chi connectivity index (χ0v) is 13.7. The molecule has 0 radical (unpaired) electrons. The SMILES string of the molecule is c1cnn(-c2ccc(CN3CCC(NCC4CC4)CC3)cc2)c1. The van der Waals surface area contributed by atoms with Gasteiger partial charge >= 0.3 is 0 Å². The quantitative estimate of drug-likeness (QED) is 0.890. The molecular formula is C19H26N4. The maximum absolute atomic E-state index is 4.27. The van der Waals surface area contributed by atoms with Crippen molar-refractivity contribution in [1.29, 1.82) is 0 Å². The Morgan fingerprint density at radius 1 is 1.04 bits per heavy atom. The van der Waals surface area contributed by atoms with Gasteiger partial charge < -0.3 is 5.32 Å². The Labute approximate surface area is 138 Å². The van der Waals surface area contributed by atoms with E-state index < -0.39 is 0 Å². The number of rotatable bonds is 6. The van der Waals surface area contributed by atoms with Crippen LogP contribution in [0.4, 0.5) is 0 Å². The summed E-state index contributed by atoms with van der Waals surface area (Å²) in [6, 6.07) is 11.5. The van der Waals surface area contributed by atoms with Crippen molar-refractivity contribution in [2.45, 2.75) is 38.3 Å². The molecule has 2 aliphatic rings. The average molecular weight is 310 g/mol. The van der Waals surface area contributed by atoms with Gasteiger partial charge in [-0.3, -0.25) is 4.90 Å². The highest BCUT2D eigenvalue weighted by Crippen LogP contribution is 2.28.